The van der Waals surface area contributed by atoms with Crippen molar-refractivity contribution in [2.24, 2.45) is 0 Å². The fraction of sp³-hybridized carbons (Fsp3) is 0.133. The number of hydrogen-bond donors (Lipinski definition) is 1. The number of benzene rings is 1. The van der Waals surface area contributed by atoms with Crippen molar-refractivity contribution in [2.75, 3.05) is 5.32 Å². The third-order valence-electron chi connectivity index (χ3n) is 2.76. The number of Topliss-reactive ketones (excluding diaryl/α,β-unsaturated/α-hetero) is 1. The van der Waals surface area contributed by atoms with Crippen LogP contribution in [0, 0.1) is 0 Å². The van der Waals surface area contributed by atoms with Crippen molar-refractivity contribution in [3.63, 3.8) is 0 Å². The van der Waals surface area contributed by atoms with Crippen molar-refractivity contribution >= 4 is 34.7 Å². The first-order chi connectivity index (χ1) is 9.65. The average molecular weight is 286 g/mol. The number of rotatable bonds is 5. The minimum atomic E-state index is 0.0152. The van der Waals surface area contributed by atoms with Gasteiger partial charge in [0.25, 0.3) is 0 Å². The van der Waals surface area contributed by atoms with Gasteiger partial charge in [0.2, 0.25) is 6.41 Å². The second-order valence-electron chi connectivity index (χ2n) is 4.16. The molecule has 1 aromatic carbocycles. The topological polar surface area (TPSA) is 59.1 Å². The van der Waals surface area contributed by atoms with E-state index in [-0.39, 0.29) is 5.78 Å². The molecule has 2 aromatic rings. The van der Waals surface area contributed by atoms with Gasteiger partial charge >= 0.3 is 0 Å². The van der Waals surface area contributed by atoms with Crippen LogP contribution in [0.4, 0.5) is 5.13 Å². The maximum absolute atomic E-state index is 11.7. The Labute approximate surface area is 121 Å². The van der Waals surface area contributed by atoms with Crippen molar-refractivity contribution in [3.8, 4) is 11.3 Å². The van der Waals surface area contributed by atoms with Crippen molar-refractivity contribution in [1.29, 1.82) is 0 Å². The van der Waals surface area contributed by atoms with Gasteiger partial charge in [-0.05, 0) is 25.5 Å². The van der Waals surface area contributed by atoms with E-state index in [0.717, 1.165) is 16.8 Å². The minimum Gasteiger partial charge on any atom is -0.305 e. The van der Waals surface area contributed by atoms with E-state index in [1.165, 1.54) is 11.3 Å². The standard InChI is InChI=1S/C15H14N2O2S/c1-3-4-11-5-6-12(7-13(11)10(2)19)14-8-20-15(17-14)16-9-18/h3-9H,1-2H3,(H,16,17,18)/b4-3-. The minimum absolute atomic E-state index is 0.0152. The highest BCUT2D eigenvalue weighted by Crippen LogP contribution is 2.27. The molecule has 0 aliphatic carbocycles. The number of carbonyl (C=O) groups is 2. The average Bonchev–Trinajstić information content (AvgIpc) is 2.88. The number of hydrogen-bond acceptors (Lipinski definition) is 4. The Hall–Kier alpha value is -2.27. The van der Waals surface area contributed by atoms with Crippen molar-refractivity contribution in [1.82, 2.24) is 4.98 Å². The number of anilines is 1. The molecule has 0 aliphatic rings. The third-order valence-corrected chi connectivity index (χ3v) is 3.53. The van der Waals surface area contributed by atoms with Crippen molar-refractivity contribution < 1.29 is 9.59 Å². The van der Waals surface area contributed by atoms with E-state index < -0.39 is 0 Å². The molecule has 1 heterocycles. The van der Waals surface area contributed by atoms with Crippen LogP contribution in [0.15, 0.2) is 29.7 Å². The van der Waals surface area contributed by atoms with E-state index in [4.69, 9.17) is 0 Å². The fourth-order valence-corrected chi connectivity index (χ4v) is 2.55. The molecule has 20 heavy (non-hydrogen) atoms. The van der Waals surface area contributed by atoms with Gasteiger partial charge in [-0.15, -0.1) is 11.3 Å². The summed E-state index contributed by atoms with van der Waals surface area (Å²) >= 11 is 1.35. The Morgan fingerprint density at radius 2 is 2.20 bits per heavy atom. The van der Waals surface area contributed by atoms with E-state index in [0.29, 0.717) is 17.1 Å². The van der Waals surface area contributed by atoms with Crippen LogP contribution in [0.5, 0.6) is 0 Å². The number of thiazole rings is 1. The number of nitrogens with one attached hydrogen (secondary N) is 1. The molecule has 0 spiro atoms. The molecule has 0 aliphatic heterocycles. The zero-order valence-electron chi connectivity index (χ0n) is 11.2. The van der Waals surface area contributed by atoms with Crippen LogP contribution in [-0.2, 0) is 4.79 Å². The summed E-state index contributed by atoms with van der Waals surface area (Å²) in [4.78, 5) is 26.4. The van der Waals surface area contributed by atoms with Gasteiger partial charge in [0.15, 0.2) is 10.9 Å². The molecule has 2 rings (SSSR count). The van der Waals surface area contributed by atoms with Gasteiger partial charge < -0.3 is 5.32 Å². The van der Waals surface area contributed by atoms with Gasteiger partial charge in [-0.3, -0.25) is 9.59 Å². The van der Waals surface area contributed by atoms with Crippen molar-refractivity contribution in [3.05, 3.63) is 40.8 Å². The van der Waals surface area contributed by atoms with Crippen LogP contribution >= 0.6 is 11.3 Å². The van der Waals surface area contributed by atoms with Gasteiger partial charge in [-0.25, -0.2) is 4.98 Å². The number of aromatic nitrogens is 1. The first kappa shape index (κ1) is 14.1. The number of amides is 1. The molecule has 4 nitrogen and oxygen atoms in total. The SMILES string of the molecule is C/C=C\c1ccc(-c2csc(NC=O)n2)cc1C(C)=O. The molecule has 0 radical (unpaired) electrons. The summed E-state index contributed by atoms with van der Waals surface area (Å²) in [5.74, 6) is 0.0152. The Morgan fingerprint density at radius 1 is 1.40 bits per heavy atom. The van der Waals surface area contributed by atoms with Gasteiger partial charge in [0.05, 0.1) is 5.69 Å². The lowest BCUT2D eigenvalue weighted by Crippen LogP contribution is -1.97. The summed E-state index contributed by atoms with van der Waals surface area (Å²) in [5.41, 5.74) is 3.16. The van der Waals surface area contributed by atoms with Crippen molar-refractivity contribution in [2.45, 2.75) is 13.8 Å². The third kappa shape index (κ3) is 3.00. The van der Waals surface area contributed by atoms with Gasteiger partial charge in [0.1, 0.15) is 0 Å². The molecular formula is C15H14N2O2S. The largest absolute Gasteiger partial charge is 0.305 e. The Kier molecular flexibility index (Phi) is 4.42. The van der Waals surface area contributed by atoms with E-state index in [9.17, 15) is 9.59 Å². The number of carbonyl (C=O) groups excluding carboxylic acids is 2. The van der Waals surface area contributed by atoms with Gasteiger partial charge in [0, 0.05) is 16.5 Å². The second kappa shape index (κ2) is 6.25. The zero-order valence-corrected chi connectivity index (χ0v) is 12.0. The number of nitrogens with zero attached hydrogens (tertiary/aromatic N) is 1. The predicted molar refractivity (Wildman–Crippen MR) is 81.9 cm³/mol. The van der Waals surface area contributed by atoms with Crippen LogP contribution in [0.3, 0.4) is 0 Å². The van der Waals surface area contributed by atoms with E-state index in [1.807, 2.05) is 42.7 Å². The van der Waals surface area contributed by atoms with Crippen LogP contribution in [0.2, 0.25) is 0 Å². The van der Waals surface area contributed by atoms with Crippen LogP contribution in [0.25, 0.3) is 17.3 Å². The summed E-state index contributed by atoms with van der Waals surface area (Å²) in [6.07, 6.45) is 4.40. The number of ketones is 1. The highest BCUT2D eigenvalue weighted by atomic mass is 32.1. The summed E-state index contributed by atoms with van der Waals surface area (Å²) in [5, 5.41) is 4.90. The summed E-state index contributed by atoms with van der Waals surface area (Å²) in [6.45, 7) is 3.46. The fourth-order valence-electron chi connectivity index (χ4n) is 1.87. The number of allylic oxidation sites excluding steroid dienone is 1. The molecule has 102 valence electrons. The van der Waals surface area contributed by atoms with Crippen LogP contribution in [0.1, 0.15) is 29.8 Å². The highest BCUT2D eigenvalue weighted by Gasteiger charge is 2.10. The monoisotopic (exact) mass is 286 g/mol. The summed E-state index contributed by atoms with van der Waals surface area (Å²) in [6, 6.07) is 5.65. The Morgan fingerprint density at radius 3 is 2.85 bits per heavy atom. The molecule has 0 saturated heterocycles. The molecule has 0 atom stereocenters. The maximum Gasteiger partial charge on any atom is 0.213 e. The van der Waals surface area contributed by atoms with E-state index in [2.05, 4.69) is 10.3 Å². The van der Waals surface area contributed by atoms with E-state index >= 15 is 0 Å². The normalized spacial score (nSPS) is 10.7. The van der Waals surface area contributed by atoms with Crippen LogP contribution < -0.4 is 5.32 Å². The molecule has 0 saturated carbocycles. The molecule has 1 amide bonds. The predicted octanol–water partition coefficient (Wildman–Crippen LogP) is 3.61. The molecule has 1 aromatic heterocycles. The molecule has 0 bridgehead atoms. The summed E-state index contributed by atoms with van der Waals surface area (Å²) in [7, 11) is 0. The smallest absolute Gasteiger partial charge is 0.213 e. The quantitative estimate of drug-likeness (QED) is 0.674. The van der Waals surface area contributed by atoms with Crippen LogP contribution in [-0.4, -0.2) is 17.2 Å². The molecular weight excluding hydrogens is 272 g/mol. The zero-order chi connectivity index (χ0) is 14.5. The second-order valence-corrected chi connectivity index (χ2v) is 5.02. The first-order valence-corrected chi connectivity index (χ1v) is 6.97. The molecule has 5 heteroatoms. The Bertz CT molecular complexity index is 674. The Balaban J connectivity index is 2.44. The summed E-state index contributed by atoms with van der Waals surface area (Å²) < 4.78 is 0. The maximum atomic E-state index is 11.7. The molecule has 0 fully saturated rings. The lowest BCUT2D eigenvalue weighted by molar-refractivity contribution is -0.105. The van der Waals surface area contributed by atoms with E-state index in [1.54, 1.807) is 6.92 Å². The first-order valence-electron chi connectivity index (χ1n) is 6.09. The molecule has 1 N–H and O–H groups in total. The highest BCUT2D eigenvalue weighted by molar-refractivity contribution is 7.14. The lowest BCUT2D eigenvalue weighted by atomic mass is 9.99. The lowest BCUT2D eigenvalue weighted by Gasteiger charge is -2.05. The van der Waals surface area contributed by atoms with Gasteiger partial charge in [-0.2, -0.15) is 0 Å². The van der Waals surface area contributed by atoms with Gasteiger partial charge in [-0.1, -0.05) is 24.3 Å². The molecule has 0 unspecified atom stereocenters.